The summed E-state index contributed by atoms with van der Waals surface area (Å²) in [5.74, 6) is -2.11. The maximum absolute atomic E-state index is 11.9. The van der Waals surface area contributed by atoms with E-state index < -0.39 is 16.7 Å². The Balaban J connectivity index is 2.14. The highest BCUT2D eigenvalue weighted by atomic mass is 35.5. The molecule has 0 bridgehead atoms. The van der Waals surface area contributed by atoms with Crippen LogP contribution in [0.1, 0.15) is 0 Å². The first-order valence-electron chi connectivity index (χ1n) is 6.20. The summed E-state index contributed by atoms with van der Waals surface area (Å²) >= 11 is 11.7. The molecular formula is C14H9Cl2N3O4. The molecular weight excluding hydrogens is 345 g/mol. The number of benzene rings is 2. The summed E-state index contributed by atoms with van der Waals surface area (Å²) in [7, 11) is 0. The van der Waals surface area contributed by atoms with E-state index in [4.69, 9.17) is 23.2 Å². The van der Waals surface area contributed by atoms with E-state index >= 15 is 0 Å². The molecule has 2 amide bonds. The molecule has 0 saturated heterocycles. The largest absolute Gasteiger partial charge is 0.316 e. The predicted octanol–water partition coefficient (Wildman–Crippen LogP) is 3.48. The van der Waals surface area contributed by atoms with Crippen LogP contribution in [0.15, 0.2) is 42.5 Å². The highest BCUT2D eigenvalue weighted by molar-refractivity contribution is 6.47. The zero-order valence-corrected chi connectivity index (χ0v) is 12.9. The molecule has 2 N–H and O–H groups in total. The first kappa shape index (κ1) is 16.7. The lowest BCUT2D eigenvalue weighted by Gasteiger charge is -2.08. The smallest absolute Gasteiger partial charge is 0.314 e. The van der Waals surface area contributed by atoms with Crippen molar-refractivity contribution in [2.24, 2.45) is 0 Å². The van der Waals surface area contributed by atoms with Crippen LogP contribution in [-0.4, -0.2) is 16.7 Å². The lowest BCUT2D eigenvalue weighted by molar-refractivity contribution is -0.383. The minimum atomic E-state index is -1.07. The van der Waals surface area contributed by atoms with Crippen molar-refractivity contribution in [1.82, 2.24) is 0 Å². The van der Waals surface area contributed by atoms with Crippen molar-refractivity contribution in [3.05, 3.63) is 62.6 Å². The van der Waals surface area contributed by atoms with Crippen LogP contribution >= 0.6 is 23.2 Å². The standard InChI is InChI=1S/C14H9Cl2N3O4/c15-8-4-3-6-10(12(8)16)18-14(21)13(20)17-9-5-1-2-7-11(9)19(22)23/h1-7H,(H,17,20)(H,18,21). The summed E-state index contributed by atoms with van der Waals surface area (Å²) in [6.45, 7) is 0. The van der Waals surface area contributed by atoms with E-state index in [0.717, 1.165) is 0 Å². The van der Waals surface area contributed by atoms with Crippen molar-refractivity contribution >= 4 is 52.1 Å². The van der Waals surface area contributed by atoms with Crippen LogP contribution in [0.5, 0.6) is 0 Å². The van der Waals surface area contributed by atoms with Gasteiger partial charge in [0.05, 0.1) is 20.7 Å². The third kappa shape index (κ3) is 3.97. The second-order valence-corrected chi connectivity index (χ2v) is 5.07. The minimum absolute atomic E-state index is 0.0843. The lowest BCUT2D eigenvalue weighted by Crippen LogP contribution is -2.29. The van der Waals surface area contributed by atoms with Gasteiger partial charge in [-0.2, -0.15) is 0 Å². The van der Waals surface area contributed by atoms with Crippen LogP contribution in [0.25, 0.3) is 0 Å². The van der Waals surface area contributed by atoms with Gasteiger partial charge in [0.15, 0.2) is 0 Å². The second-order valence-electron chi connectivity index (χ2n) is 4.28. The van der Waals surface area contributed by atoms with Crippen LogP contribution in [-0.2, 0) is 9.59 Å². The first-order valence-corrected chi connectivity index (χ1v) is 6.95. The maximum Gasteiger partial charge on any atom is 0.314 e. The molecule has 9 heteroatoms. The van der Waals surface area contributed by atoms with Gasteiger partial charge in [0.2, 0.25) is 0 Å². The highest BCUT2D eigenvalue weighted by Gasteiger charge is 2.20. The molecule has 0 spiro atoms. The molecule has 2 aromatic carbocycles. The van der Waals surface area contributed by atoms with E-state index in [1.165, 1.54) is 36.4 Å². The fourth-order valence-corrected chi connectivity index (χ4v) is 2.04. The van der Waals surface area contributed by atoms with Crippen LogP contribution in [0.3, 0.4) is 0 Å². The topological polar surface area (TPSA) is 101 Å². The Kier molecular flexibility index (Phi) is 5.15. The Morgan fingerprint density at radius 3 is 2.13 bits per heavy atom. The van der Waals surface area contributed by atoms with Gasteiger partial charge in [-0.15, -0.1) is 0 Å². The molecule has 0 radical (unpaired) electrons. The summed E-state index contributed by atoms with van der Waals surface area (Å²) in [5.41, 5.74) is -0.258. The number of nitrogens with zero attached hydrogens (tertiary/aromatic N) is 1. The molecule has 0 fully saturated rings. The molecule has 0 aliphatic carbocycles. The van der Waals surface area contributed by atoms with Crippen LogP contribution in [0, 0.1) is 10.1 Å². The van der Waals surface area contributed by atoms with Gasteiger partial charge in [0.1, 0.15) is 5.69 Å². The first-order chi connectivity index (χ1) is 10.9. The predicted molar refractivity (Wildman–Crippen MR) is 86.8 cm³/mol. The van der Waals surface area contributed by atoms with Gasteiger partial charge in [-0.25, -0.2) is 0 Å². The number of nitro benzene ring substituents is 1. The normalized spacial score (nSPS) is 10.0. The Morgan fingerprint density at radius 1 is 0.913 bits per heavy atom. The van der Waals surface area contributed by atoms with Gasteiger partial charge in [-0.1, -0.05) is 41.4 Å². The summed E-state index contributed by atoms with van der Waals surface area (Å²) in [4.78, 5) is 33.9. The van der Waals surface area contributed by atoms with Crippen molar-refractivity contribution in [3.8, 4) is 0 Å². The maximum atomic E-state index is 11.9. The Labute approximate surface area is 140 Å². The Morgan fingerprint density at radius 2 is 1.48 bits per heavy atom. The summed E-state index contributed by atoms with van der Waals surface area (Å²) < 4.78 is 0. The number of halogens is 2. The van der Waals surface area contributed by atoms with Crippen LogP contribution in [0.4, 0.5) is 17.1 Å². The van der Waals surface area contributed by atoms with Crippen LogP contribution in [0.2, 0.25) is 10.0 Å². The average Bonchev–Trinajstić information content (AvgIpc) is 2.52. The number of para-hydroxylation sites is 2. The fourth-order valence-electron chi connectivity index (χ4n) is 1.70. The molecule has 2 rings (SSSR count). The van der Waals surface area contributed by atoms with Crippen molar-refractivity contribution in [2.75, 3.05) is 10.6 Å². The number of rotatable bonds is 3. The number of amides is 2. The third-order valence-electron chi connectivity index (χ3n) is 2.75. The number of anilines is 2. The highest BCUT2D eigenvalue weighted by Crippen LogP contribution is 2.29. The van der Waals surface area contributed by atoms with Crippen molar-refractivity contribution in [2.45, 2.75) is 0 Å². The van der Waals surface area contributed by atoms with Crippen molar-refractivity contribution in [1.29, 1.82) is 0 Å². The molecule has 0 aliphatic rings. The fraction of sp³-hybridized carbons (Fsp3) is 0. The molecule has 2 aromatic rings. The zero-order valence-electron chi connectivity index (χ0n) is 11.4. The molecule has 0 unspecified atom stereocenters. The van der Waals surface area contributed by atoms with Crippen LogP contribution < -0.4 is 10.6 Å². The van der Waals surface area contributed by atoms with E-state index in [1.54, 1.807) is 6.07 Å². The monoisotopic (exact) mass is 353 g/mol. The Bertz CT molecular complexity index is 795. The SMILES string of the molecule is O=C(Nc1ccccc1[N+](=O)[O-])C(=O)Nc1cccc(Cl)c1Cl. The third-order valence-corrected chi connectivity index (χ3v) is 3.57. The molecule has 0 atom stereocenters. The summed E-state index contributed by atoms with van der Waals surface area (Å²) in [6, 6.07) is 9.99. The Hall–Kier alpha value is -2.64. The zero-order chi connectivity index (χ0) is 17.0. The molecule has 0 heterocycles. The van der Waals surface area contributed by atoms with Gasteiger partial charge < -0.3 is 10.6 Å². The number of carbonyl (C=O) groups is 2. The van der Waals surface area contributed by atoms with Crippen molar-refractivity contribution < 1.29 is 14.5 Å². The minimum Gasteiger partial charge on any atom is -0.316 e. The van der Waals surface area contributed by atoms with E-state index in [-0.39, 0.29) is 27.1 Å². The van der Waals surface area contributed by atoms with Gasteiger partial charge >= 0.3 is 11.8 Å². The van der Waals surface area contributed by atoms with E-state index in [2.05, 4.69) is 10.6 Å². The second kappa shape index (κ2) is 7.08. The molecule has 0 aliphatic heterocycles. The lowest BCUT2D eigenvalue weighted by atomic mass is 10.2. The number of carbonyl (C=O) groups excluding carboxylic acids is 2. The summed E-state index contributed by atoms with van der Waals surface area (Å²) in [6.07, 6.45) is 0. The van der Waals surface area contributed by atoms with Gasteiger partial charge in [-0.3, -0.25) is 19.7 Å². The van der Waals surface area contributed by atoms with Gasteiger partial charge in [0, 0.05) is 6.07 Å². The molecule has 0 aromatic heterocycles. The average molecular weight is 354 g/mol. The quantitative estimate of drug-likeness (QED) is 0.500. The molecule has 7 nitrogen and oxygen atoms in total. The van der Waals surface area contributed by atoms with E-state index in [9.17, 15) is 19.7 Å². The van der Waals surface area contributed by atoms with E-state index in [0.29, 0.717) is 0 Å². The van der Waals surface area contributed by atoms with Gasteiger partial charge in [0.25, 0.3) is 5.69 Å². The number of nitro groups is 1. The van der Waals surface area contributed by atoms with Crippen molar-refractivity contribution in [3.63, 3.8) is 0 Å². The molecule has 23 heavy (non-hydrogen) atoms. The number of hydrogen-bond donors (Lipinski definition) is 2. The number of nitrogens with one attached hydrogen (secondary N) is 2. The van der Waals surface area contributed by atoms with Gasteiger partial charge in [-0.05, 0) is 18.2 Å². The molecule has 118 valence electrons. The number of hydrogen-bond acceptors (Lipinski definition) is 4. The molecule has 0 saturated carbocycles. The summed E-state index contributed by atoms with van der Waals surface area (Å²) in [5, 5.41) is 15.6. The van der Waals surface area contributed by atoms with E-state index in [1.807, 2.05) is 0 Å².